The molecule has 2 aromatic rings. The Balaban J connectivity index is 0.00000128. The van der Waals surface area contributed by atoms with Gasteiger partial charge in [-0.3, -0.25) is 0 Å². The maximum Gasteiger partial charge on any atom is 1.00 e. The van der Waals surface area contributed by atoms with E-state index in [9.17, 15) is 14.3 Å². The van der Waals surface area contributed by atoms with Crippen molar-refractivity contribution in [1.82, 2.24) is 9.55 Å². The molecule has 0 bridgehead atoms. The summed E-state index contributed by atoms with van der Waals surface area (Å²) in [5, 5.41) is 10.7. The number of aromatic carboxylic acids is 1. The molecule has 0 saturated carbocycles. The average Bonchev–Trinajstić information content (AvgIpc) is 2.55. The Morgan fingerprint density at radius 2 is 2.25 bits per heavy atom. The Kier molecular flexibility index (Phi) is 3.73. The number of hydrogen-bond acceptors (Lipinski definition) is 3. The number of aryl methyl sites for hydroxylation is 1. The SMILES string of the molecule is CCn1c(C(=O)[O-])nc2cc(F)ccc21.[Li+]. The molecule has 0 N–H and O–H groups in total. The average molecular weight is 214 g/mol. The summed E-state index contributed by atoms with van der Waals surface area (Å²) in [5.41, 5.74) is 0.925. The molecule has 0 atom stereocenters. The number of carboxylic acids is 1. The number of carbonyl (C=O) groups is 1. The zero-order valence-electron chi connectivity index (χ0n) is 9.03. The van der Waals surface area contributed by atoms with E-state index < -0.39 is 11.8 Å². The van der Waals surface area contributed by atoms with Gasteiger partial charge in [0.15, 0.2) is 5.82 Å². The van der Waals surface area contributed by atoms with Gasteiger partial charge in [-0.15, -0.1) is 0 Å². The van der Waals surface area contributed by atoms with Crippen molar-refractivity contribution in [3.05, 3.63) is 29.8 Å². The minimum atomic E-state index is -1.35. The number of fused-ring (bicyclic) bond motifs is 1. The second-order valence-electron chi connectivity index (χ2n) is 3.10. The molecule has 4 nitrogen and oxygen atoms in total. The molecule has 1 aromatic carbocycles. The fourth-order valence-electron chi connectivity index (χ4n) is 1.58. The van der Waals surface area contributed by atoms with Crippen LogP contribution in [0.4, 0.5) is 4.39 Å². The molecule has 16 heavy (non-hydrogen) atoms. The summed E-state index contributed by atoms with van der Waals surface area (Å²) in [5.74, 6) is -1.96. The van der Waals surface area contributed by atoms with Crippen molar-refractivity contribution < 1.29 is 33.2 Å². The fourth-order valence-corrected chi connectivity index (χ4v) is 1.58. The van der Waals surface area contributed by atoms with Crippen molar-refractivity contribution >= 4 is 17.0 Å². The summed E-state index contributed by atoms with van der Waals surface area (Å²) in [6.45, 7) is 2.24. The molecule has 1 aromatic heterocycles. The third-order valence-electron chi connectivity index (χ3n) is 2.21. The van der Waals surface area contributed by atoms with Crippen molar-refractivity contribution in [3.8, 4) is 0 Å². The van der Waals surface area contributed by atoms with Gasteiger partial charge in [0.1, 0.15) is 11.8 Å². The van der Waals surface area contributed by atoms with Crippen LogP contribution in [0, 0.1) is 5.82 Å². The molecular formula is C10H8FLiN2O2. The normalized spacial score (nSPS) is 10.1. The van der Waals surface area contributed by atoms with Gasteiger partial charge < -0.3 is 14.5 Å². The molecule has 0 spiro atoms. The molecule has 0 aliphatic rings. The smallest absolute Gasteiger partial charge is 0.542 e. The van der Waals surface area contributed by atoms with Crippen LogP contribution in [0.1, 0.15) is 17.5 Å². The quantitative estimate of drug-likeness (QED) is 0.522. The van der Waals surface area contributed by atoms with Crippen molar-refractivity contribution in [1.29, 1.82) is 0 Å². The number of aromatic nitrogens is 2. The summed E-state index contributed by atoms with van der Waals surface area (Å²) in [6.07, 6.45) is 0. The Labute approximate surface area is 103 Å². The van der Waals surface area contributed by atoms with Gasteiger partial charge in [-0.05, 0) is 19.1 Å². The predicted molar refractivity (Wildman–Crippen MR) is 49.7 cm³/mol. The van der Waals surface area contributed by atoms with E-state index in [0.29, 0.717) is 17.6 Å². The van der Waals surface area contributed by atoms with Gasteiger partial charge in [-0.25, -0.2) is 9.37 Å². The topological polar surface area (TPSA) is 58.0 Å². The molecule has 0 aliphatic heterocycles. The summed E-state index contributed by atoms with van der Waals surface area (Å²) < 4.78 is 14.3. The van der Waals surface area contributed by atoms with Crippen LogP contribution >= 0.6 is 0 Å². The number of hydrogen-bond donors (Lipinski definition) is 0. The number of carboxylic acid groups (broad SMARTS) is 1. The van der Waals surface area contributed by atoms with Crippen LogP contribution in [0.25, 0.3) is 11.0 Å². The van der Waals surface area contributed by atoms with Crippen molar-refractivity contribution in [2.75, 3.05) is 0 Å². The van der Waals surface area contributed by atoms with Crippen LogP contribution in [-0.4, -0.2) is 15.5 Å². The molecule has 2 rings (SSSR count). The maximum atomic E-state index is 12.9. The van der Waals surface area contributed by atoms with Crippen LogP contribution in [0.5, 0.6) is 0 Å². The van der Waals surface area contributed by atoms with E-state index in [1.807, 2.05) is 0 Å². The minimum absolute atomic E-state index is 0. The van der Waals surface area contributed by atoms with E-state index in [1.54, 1.807) is 6.92 Å². The van der Waals surface area contributed by atoms with Gasteiger partial charge in [-0.2, -0.15) is 0 Å². The second kappa shape index (κ2) is 4.68. The standard InChI is InChI=1S/C10H9FN2O2.Li/c1-2-13-8-4-3-6(11)5-7(8)12-9(13)10(14)15;/h3-5H,2H2,1H3,(H,14,15);/q;+1/p-1. The number of benzene rings is 1. The van der Waals surface area contributed by atoms with Gasteiger partial charge in [0, 0.05) is 12.6 Å². The predicted octanol–water partition coefficient (Wildman–Crippen LogP) is -2.44. The molecule has 0 unspecified atom stereocenters. The van der Waals surface area contributed by atoms with Crippen molar-refractivity contribution in [2.24, 2.45) is 0 Å². The monoisotopic (exact) mass is 214 g/mol. The van der Waals surface area contributed by atoms with Crippen LogP contribution in [0.3, 0.4) is 0 Å². The summed E-state index contributed by atoms with van der Waals surface area (Å²) >= 11 is 0. The van der Waals surface area contributed by atoms with Crippen LogP contribution in [-0.2, 0) is 6.54 Å². The Hall–Kier alpha value is -1.31. The van der Waals surface area contributed by atoms with Crippen LogP contribution in [0.15, 0.2) is 18.2 Å². The van der Waals surface area contributed by atoms with Crippen LogP contribution < -0.4 is 24.0 Å². The number of carbonyl (C=O) groups excluding carboxylic acids is 1. The van der Waals surface area contributed by atoms with E-state index in [2.05, 4.69) is 4.98 Å². The first-order chi connectivity index (χ1) is 7.13. The fraction of sp³-hybridized carbons (Fsp3) is 0.200. The first-order valence-electron chi connectivity index (χ1n) is 4.50. The first kappa shape index (κ1) is 12.8. The summed E-state index contributed by atoms with van der Waals surface area (Å²) in [6, 6.07) is 3.98. The van der Waals surface area contributed by atoms with Gasteiger partial charge in [0.25, 0.3) is 0 Å². The zero-order valence-corrected chi connectivity index (χ0v) is 9.03. The Morgan fingerprint density at radius 3 is 2.81 bits per heavy atom. The molecule has 1 heterocycles. The largest absolute Gasteiger partial charge is 1.00 e. The van der Waals surface area contributed by atoms with E-state index in [0.717, 1.165) is 0 Å². The molecular weight excluding hydrogens is 206 g/mol. The van der Waals surface area contributed by atoms with Crippen LogP contribution in [0.2, 0.25) is 0 Å². The van der Waals surface area contributed by atoms with E-state index in [4.69, 9.17) is 0 Å². The molecule has 78 valence electrons. The zero-order chi connectivity index (χ0) is 11.0. The van der Waals surface area contributed by atoms with Gasteiger partial charge in [0.05, 0.1) is 11.0 Å². The summed E-state index contributed by atoms with van der Waals surface area (Å²) in [4.78, 5) is 14.6. The van der Waals surface area contributed by atoms with Gasteiger partial charge in [-0.1, -0.05) is 0 Å². The van der Waals surface area contributed by atoms with Crippen molar-refractivity contribution in [2.45, 2.75) is 13.5 Å². The number of imidazole rings is 1. The first-order valence-corrected chi connectivity index (χ1v) is 4.50. The number of nitrogens with zero attached hydrogens (tertiary/aromatic N) is 2. The molecule has 0 amide bonds. The number of rotatable bonds is 2. The second-order valence-corrected chi connectivity index (χ2v) is 3.10. The maximum absolute atomic E-state index is 12.9. The Morgan fingerprint density at radius 1 is 1.56 bits per heavy atom. The third-order valence-corrected chi connectivity index (χ3v) is 2.21. The summed E-state index contributed by atoms with van der Waals surface area (Å²) in [7, 11) is 0. The Bertz CT molecular complexity index is 539. The van der Waals surface area contributed by atoms with E-state index >= 15 is 0 Å². The molecule has 0 radical (unpaired) electrons. The minimum Gasteiger partial charge on any atom is -0.542 e. The third kappa shape index (κ3) is 1.97. The molecule has 0 saturated heterocycles. The number of halogens is 1. The molecule has 0 fully saturated rings. The van der Waals surface area contributed by atoms with E-state index in [-0.39, 0.29) is 24.7 Å². The van der Waals surface area contributed by atoms with Crippen molar-refractivity contribution in [3.63, 3.8) is 0 Å². The molecule has 0 aliphatic carbocycles. The molecule has 6 heteroatoms. The van der Waals surface area contributed by atoms with Gasteiger partial charge in [0.2, 0.25) is 0 Å². The van der Waals surface area contributed by atoms with Gasteiger partial charge >= 0.3 is 18.9 Å². The van der Waals surface area contributed by atoms with E-state index in [1.165, 1.54) is 22.8 Å².